The Bertz CT molecular complexity index is 487. The van der Waals surface area contributed by atoms with E-state index in [1.807, 2.05) is 0 Å². The van der Waals surface area contributed by atoms with E-state index in [-0.39, 0.29) is 11.7 Å². The standard InChI is InChI=1S/C16H21NO3/c1-12(18)13-5-7-14(8-6-13)15(19)17-11-16(20)9-3-2-4-10-16/h5-8,20H,2-4,9-11H2,1H3,(H,17,19). The number of amides is 1. The Morgan fingerprint density at radius 3 is 2.20 bits per heavy atom. The third-order valence-electron chi connectivity index (χ3n) is 3.92. The molecular formula is C16H21NO3. The van der Waals surface area contributed by atoms with Gasteiger partial charge in [0, 0.05) is 17.7 Å². The molecule has 108 valence electrons. The van der Waals surface area contributed by atoms with Crippen LogP contribution in [0.3, 0.4) is 0 Å². The van der Waals surface area contributed by atoms with Gasteiger partial charge in [0.15, 0.2) is 5.78 Å². The normalized spacial score (nSPS) is 17.5. The van der Waals surface area contributed by atoms with Gasteiger partial charge < -0.3 is 10.4 Å². The molecule has 20 heavy (non-hydrogen) atoms. The van der Waals surface area contributed by atoms with Crippen molar-refractivity contribution in [2.45, 2.75) is 44.6 Å². The molecule has 1 aliphatic rings. The lowest BCUT2D eigenvalue weighted by atomic mass is 9.85. The van der Waals surface area contributed by atoms with Crippen LogP contribution in [0.4, 0.5) is 0 Å². The van der Waals surface area contributed by atoms with Crippen LogP contribution in [0.5, 0.6) is 0 Å². The molecule has 0 spiro atoms. The average molecular weight is 275 g/mol. The topological polar surface area (TPSA) is 66.4 Å². The Kier molecular flexibility index (Phi) is 4.55. The number of rotatable bonds is 4. The molecule has 0 radical (unpaired) electrons. The summed E-state index contributed by atoms with van der Waals surface area (Å²) in [5.74, 6) is -0.229. The molecule has 0 heterocycles. The van der Waals surface area contributed by atoms with Gasteiger partial charge in [-0.3, -0.25) is 9.59 Å². The van der Waals surface area contributed by atoms with E-state index in [2.05, 4.69) is 5.32 Å². The fraction of sp³-hybridized carbons (Fsp3) is 0.500. The second-order valence-electron chi connectivity index (χ2n) is 5.60. The molecule has 0 saturated heterocycles. The van der Waals surface area contributed by atoms with Crippen LogP contribution >= 0.6 is 0 Å². The molecule has 4 nitrogen and oxygen atoms in total. The summed E-state index contributed by atoms with van der Waals surface area (Å²) in [4.78, 5) is 23.2. The summed E-state index contributed by atoms with van der Waals surface area (Å²) in [7, 11) is 0. The number of carbonyl (C=O) groups is 2. The van der Waals surface area contributed by atoms with Crippen LogP contribution in [0, 0.1) is 0 Å². The van der Waals surface area contributed by atoms with Crippen LogP contribution in [0.1, 0.15) is 59.7 Å². The largest absolute Gasteiger partial charge is 0.388 e. The zero-order valence-electron chi connectivity index (χ0n) is 11.8. The van der Waals surface area contributed by atoms with Gasteiger partial charge in [0.05, 0.1) is 5.60 Å². The Morgan fingerprint density at radius 2 is 1.65 bits per heavy atom. The summed E-state index contributed by atoms with van der Waals surface area (Å²) < 4.78 is 0. The minimum absolute atomic E-state index is 0.0199. The maximum absolute atomic E-state index is 12.0. The third-order valence-corrected chi connectivity index (χ3v) is 3.92. The summed E-state index contributed by atoms with van der Waals surface area (Å²) in [6, 6.07) is 6.56. The van der Waals surface area contributed by atoms with E-state index >= 15 is 0 Å². The van der Waals surface area contributed by atoms with E-state index in [0.717, 1.165) is 32.1 Å². The van der Waals surface area contributed by atoms with Gasteiger partial charge in [-0.25, -0.2) is 0 Å². The Balaban J connectivity index is 1.92. The highest BCUT2D eigenvalue weighted by molar-refractivity contribution is 5.97. The SMILES string of the molecule is CC(=O)c1ccc(C(=O)NCC2(O)CCCCC2)cc1. The van der Waals surface area contributed by atoms with Gasteiger partial charge in [0.2, 0.25) is 0 Å². The van der Waals surface area contributed by atoms with E-state index in [4.69, 9.17) is 0 Å². The van der Waals surface area contributed by atoms with Crippen molar-refractivity contribution in [3.05, 3.63) is 35.4 Å². The Labute approximate surface area is 119 Å². The van der Waals surface area contributed by atoms with Gasteiger partial charge in [-0.15, -0.1) is 0 Å². The minimum atomic E-state index is -0.757. The van der Waals surface area contributed by atoms with Crippen molar-refractivity contribution >= 4 is 11.7 Å². The molecule has 0 unspecified atom stereocenters. The average Bonchev–Trinajstić information content (AvgIpc) is 2.46. The van der Waals surface area contributed by atoms with Crippen LogP contribution in [0.2, 0.25) is 0 Å². The number of Topliss-reactive ketones (excluding diaryl/α,β-unsaturated/α-hetero) is 1. The molecule has 0 bridgehead atoms. The number of nitrogens with one attached hydrogen (secondary N) is 1. The molecular weight excluding hydrogens is 254 g/mol. The predicted octanol–water partition coefficient (Wildman–Crippen LogP) is 2.31. The molecule has 0 aromatic heterocycles. The number of hydrogen-bond donors (Lipinski definition) is 2. The first kappa shape index (κ1) is 14.7. The van der Waals surface area contributed by atoms with Gasteiger partial charge >= 0.3 is 0 Å². The van der Waals surface area contributed by atoms with E-state index in [9.17, 15) is 14.7 Å². The lowest BCUT2D eigenvalue weighted by Crippen LogP contribution is -2.44. The highest BCUT2D eigenvalue weighted by atomic mass is 16.3. The van der Waals surface area contributed by atoms with Gasteiger partial charge in [0.1, 0.15) is 0 Å². The molecule has 4 heteroatoms. The van der Waals surface area contributed by atoms with E-state index in [1.54, 1.807) is 24.3 Å². The lowest BCUT2D eigenvalue weighted by Gasteiger charge is -2.32. The number of carbonyl (C=O) groups excluding carboxylic acids is 2. The highest BCUT2D eigenvalue weighted by Crippen LogP contribution is 2.27. The summed E-state index contributed by atoms with van der Waals surface area (Å²) in [5.41, 5.74) is 0.342. The van der Waals surface area contributed by atoms with Crippen molar-refractivity contribution in [3.8, 4) is 0 Å². The molecule has 1 aromatic carbocycles. The second-order valence-corrected chi connectivity index (χ2v) is 5.60. The fourth-order valence-corrected chi connectivity index (χ4v) is 2.59. The summed E-state index contributed by atoms with van der Waals surface area (Å²) in [6.07, 6.45) is 4.68. The smallest absolute Gasteiger partial charge is 0.251 e. The number of ketones is 1. The Morgan fingerprint density at radius 1 is 1.10 bits per heavy atom. The van der Waals surface area contributed by atoms with Crippen molar-refractivity contribution in [3.63, 3.8) is 0 Å². The van der Waals surface area contributed by atoms with Crippen LogP contribution in [0.15, 0.2) is 24.3 Å². The first-order valence-electron chi connectivity index (χ1n) is 7.12. The maximum Gasteiger partial charge on any atom is 0.251 e. The molecule has 1 amide bonds. The molecule has 1 fully saturated rings. The first-order chi connectivity index (χ1) is 9.50. The number of benzene rings is 1. The monoisotopic (exact) mass is 275 g/mol. The maximum atomic E-state index is 12.0. The molecule has 2 rings (SSSR count). The quantitative estimate of drug-likeness (QED) is 0.829. The predicted molar refractivity (Wildman–Crippen MR) is 76.8 cm³/mol. The fourth-order valence-electron chi connectivity index (χ4n) is 2.59. The molecule has 2 N–H and O–H groups in total. The van der Waals surface area contributed by atoms with Gasteiger partial charge in [0.25, 0.3) is 5.91 Å². The van der Waals surface area contributed by atoms with E-state index < -0.39 is 5.60 Å². The Hall–Kier alpha value is -1.68. The van der Waals surface area contributed by atoms with Gasteiger partial charge in [-0.2, -0.15) is 0 Å². The van der Waals surface area contributed by atoms with Crippen molar-refractivity contribution < 1.29 is 14.7 Å². The van der Waals surface area contributed by atoms with Crippen LogP contribution in [0.25, 0.3) is 0 Å². The molecule has 1 aromatic rings. The number of aliphatic hydroxyl groups is 1. The van der Waals surface area contributed by atoms with Crippen LogP contribution in [-0.4, -0.2) is 28.9 Å². The molecule has 0 aliphatic heterocycles. The number of hydrogen-bond acceptors (Lipinski definition) is 3. The van der Waals surface area contributed by atoms with Crippen molar-refractivity contribution in [2.24, 2.45) is 0 Å². The molecule has 1 aliphatic carbocycles. The first-order valence-corrected chi connectivity index (χ1v) is 7.12. The molecule has 1 saturated carbocycles. The van der Waals surface area contributed by atoms with Gasteiger partial charge in [-0.05, 0) is 31.9 Å². The minimum Gasteiger partial charge on any atom is -0.388 e. The van der Waals surface area contributed by atoms with Crippen molar-refractivity contribution in [1.82, 2.24) is 5.32 Å². The van der Waals surface area contributed by atoms with Crippen LogP contribution in [-0.2, 0) is 0 Å². The zero-order valence-corrected chi connectivity index (χ0v) is 11.8. The summed E-state index contributed by atoms with van der Waals surface area (Å²) >= 11 is 0. The van der Waals surface area contributed by atoms with Gasteiger partial charge in [-0.1, -0.05) is 31.4 Å². The van der Waals surface area contributed by atoms with Crippen LogP contribution < -0.4 is 5.32 Å². The third kappa shape index (κ3) is 3.67. The van der Waals surface area contributed by atoms with E-state index in [1.165, 1.54) is 6.92 Å². The van der Waals surface area contributed by atoms with E-state index in [0.29, 0.717) is 17.7 Å². The lowest BCUT2D eigenvalue weighted by molar-refractivity contribution is 0.00525. The summed E-state index contributed by atoms with van der Waals surface area (Å²) in [5, 5.41) is 13.1. The highest BCUT2D eigenvalue weighted by Gasteiger charge is 2.29. The molecule has 0 atom stereocenters. The van der Waals surface area contributed by atoms with Crippen molar-refractivity contribution in [2.75, 3.05) is 6.54 Å². The summed E-state index contributed by atoms with van der Waals surface area (Å²) in [6.45, 7) is 1.79. The second kappa shape index (κ2) is 6.18. The van der Waals surface area contributed by atoms with Crippen molar-refractivity contribution in [1.29, 1.82) is 0 Å². The zero-order chi connectivity index (χ0) is 14.6.